The summed E-state index contributed by atoms with van der Waals surface area (Å²) in [5, 5.41) is 13.0. The van der Waals surface area contributed by atoms with Gasteiger partial charge in [0, 0.05) is 16.8 Å². The molecule has 0 atom stereocenters. The predicted octanol–water partition coefficient (Wildman–Crippen LogP) is 5.31. The van der Waals surface area contributed by atoms with Gasteiger partial charge in [0.25, 0.3) is 0 Å². The molecule has 0 aliphatic carbocycles. The average molecular weight is 409 g/mol. The molecule has 0 aliphatic heterocycles. The van der Waals surface area contributed by atoms with Gasteiger partial charge in [-0.3, -0.25) is 4.57 Å². The molecule has 0 aliphatic rings. The normalized spacial score (nSPS) is 11.0. The van der Waals surface area contributed by atoms with E-state index >= 15 is 0 Å². The number of aromatic nitrogens is 4. The van der Waals surface area contributed by atoms with E-state index in [-0.39, 0.29) is 0 Å². The molecule has 28 heavy (non-hydrogen) atoms. The van der Waals surface area contributed by atoms with E-state index in [9.17, 15) is 0 Å². The van der Waals surface area contributed by atoms with Crippen molar-refractivity contribution >= 4 is 23.1 Å². The van der Waals surface area contributed by atoms with Crippen molar-refractivity contribution in [3.8, 4) is 22.8 Å². The van der Waals surface area contributed by atoms with Gasteiger partial charge in [0.1, 0.15) is 5.75 Å². The van der Waals surface area contributed by atoms with E-state index in [1.54, 1.807) is 30.2 Å². The average Bonchev–Trinajstić information content (AvgIpc) is 3.33. The van der Waals surface area contributed by atoms with Gasteiger partial charge in [-0.1, -0.05) is 41.6 Å². The van der Waals surface area contributed by atoms with Gasteiger partial charge in [-0.25, -0.2) is 4.98 Å². The van der Waals surface area contributed by atoms with Crippen molar-refractivity contribution in [3.63, 3.8) is 0 Å². The number of para-hydroxylation sites is 1. The van der Waals surface area contributed by atoms with Crippen LogP contribution >= 0.6 is 23.1 Å². The van der Waals surface area contributed by atoms with Crippen LogP contribution in [0, 0.1) is 13.8 Å². The molecular formula is C21H20N4OS2. The third-order valence-corrected chi connectivity index (χ3v) is 6.07. The minimum Gasteiger partial charge on any atom is -0.496 e. The van der Waals surface area contributed by atoms with Gasteiger partial charge < -0.3 is 4.74 Å². The van der Waals surface area contributed by atoms with Crippen molar-refractivity contribution in [2.75, 3.05) is 7.11 Å². The summed E-state index contributed by atoms with van der Waals surface area (Å²) < 4.78 is 7.64. The number of methoxy groups -OCH3 is 1. The summed E-state index contributed by atoms with van der Waals surface area (Å²) in [7, 11) is 1.67. The lowest BCUT2D eigenvalue weighted by molar-refractivity contribution is 0.416. The maximum atomic E-state index is 5.55. The zero-order chi connectivity index (χ0) is 19.5. The number of hydrogen-bond acceptors (Lipinski definition) is 6. The molecule has 7 heteroatoms. The van der Waals surface area contributed by atoms with Gasteiger partial charge in [0.15, 0.2) is 11.0 Å². The van der Waals surface area contributed by atoms with Gasteiger partial charge in [-0.05, 0) is 38.1 Å². The Morgan fingerprint density at radius 2 is 1.82 bits per heavy atom. The van der Waals surface area contributed by atoms with Crippen LogP contribution in [0.3, 0.4) is 0 Å². The lowest BCUT2D eigenvalue weighted by Gasteiger charge is -2.12. The Bertz CT molecular complexity index is 1090. The SMILES string of the molecule is COc1ccccc1-c1nnc(SCc2csc(C)n2)n1-c1ccc(C)cc1. The van der Waals surface area contributed by atoms with Crippen LogP contribution in [0.2, 0.25) is 0 Å². The molecule has 0 radical (unpaired) electrons. The van der Waals surface area contributed by atoms with E-state index in [1.807, 2.05) is 31.2 Å². The first-order valence-corrected chi connectivity index (χ1v) is 10.7. The highest BCUT2D eigenvalue weighted by Gasteiger charge is 2.19. The van der Waals surface area contributed by atoms with Crippen LogP contribution in [0.4, 0.5) is 0 Å². The van der Waals surface area contributed by atoms with Crippen LogP contribution < -0.4 is 4.74 Å². The smallest absolute Gasteiger partial charge is 0.196 e. The first-order valence-electron chi connectivity index (χ1n) is 8.85. The number of nitrogens with zero attached hydrogens (tertiary/aromatic N) is 4. The fourth-order valence-electron chi connectivity index (χ4n) is 2.91. The lowest BCUT2D eigenvalue weighted by atomic mass is 10.1. The molecule has 5 nitrogen and oxygen atoms in total. The third-order valence-electron chi connectivity index (χ3n) is 4.29. The van der Waals surface area contributed by atoms with Gasteiger partial charge in [-0.15, -0.1) is 21.5 Å². The van der Waals surface area contributed by atoms with E-state index in [2.05, 4.69) is 56.3 Å². The van der Waals surface area contributed by atoms with Gasteiger partial charge in [0.05, 0.1) is 23.4 Å². The van der Waals surface area contributed by atoms with Crippen LogP contribution in [-0.4, -0.2) is 26.9 Å². The number of benzene rings is 2. The largest absolute Gasteiger partial charge is 0.496 e. The highest BCUT2D eigenvalue weighted by Crippen LogP contribution is 2.34. The summed E-state index contributed by atoms with van der Waals surface area (Å²) in [4.78, 5) is 4.55. The van der Waals surface area contributed by atoms with E-state index in [1.165, 1.54) is 5.56 Å². The van der Waals surface area contributed by atoms with Crippen molar-refractivity contribution in [3.05, 3.63) is 70.2 Å². The molecule has 0 unspecified atom stereocenters. The van der Waals surface area contributed by atoms with Crippen LogP contribution in [0.5, 0.6) is 5.75 Å². The molecule has 0 saturated heterocycles. The van der Waals surface area contributed by atoms with Gasteiger partial charge >= 0.3 is 0 Å². The minimum absolute atomic E-state index is 0.750. The number of ether oxygens (including phenoxy) is 1. The molecule has 0 spiro atoms. The fraction of sp³-hybridized carbons (Fsp3) is 0.190. The topological polar surface area (TPSA) is 52.8 Å². The van der Waals surface area contributed by atoms with Crippen molar-refractivity contribution in [1.82, 2.24) is 19.7 Å². The molecule has 142 valence electrons. The first kappa shape index (κ1) is 18.7. The van der Waals surface area contributed by atoms with Gasteiger partial charge in [0.2, 0.25) is 0 Å². The number of thioether (sulfide) groups is 1. The Morgan fingerprint density at radius 1 is 1.04 bits per heavy atom. The fourth-order valence-corrected chi connectivity index (χ4v) is 4.47. The Hall–Kier alpha value is -2.64. The summed E-state index contributed by atoms with van der Waals surface area (Å²) in [6, 6.07) is 16.3. The quantitative estimate of drug-likeness (QED) is 0.405. The van der Waals surface area contributed by atoms with Crippen LogP contribution in [-0.2, 0) is 5.75 Å². The molecule has 0 saturated carbocycles. The Balaban J connectivity index is 1.78. The van der Waals surface area contributed by atoms with E-state index in [4.69, 9.17) is 4.74 Å². The van der Waals surface area contributed by atoms with E-state index in [0.717, 1.165) is 44.4 Å². The number of aryl methyl sites for hydroxylation is 2. The zero-order valence-corrected chi connectivity index (χ0v) is 17.5. The molecule has 0 amide bonds. The maximum Gasteiger partial charge on any atom is 0.196 e. The molecule has 4 rings (SSSR count). The standard InChI is InChI=1S/C21H20N4OS2/c1-14-8-10-17(11-9-14)25-20(18-6-4-5-7-19(18)26-3)23-24-21(25)28-13-16-12-27-15(2)22-16/h4-12H,13H2,1-3H3. The van der Waals surface area contributed by atoms with Crippen molar-refractivity contribution < 1.29 is 4.74 Å². The van der Waals surface area contributed by atoms with Crippen LogP contribution in [0.15, 0.2) is 59.1 Å². The van der Waals surface area contributed by atoms with E-state index in [0.29, 0.717) is 0 Å². The minimum atomic E-state index is 0.750. The summed E-state index contributed by atoms with van der Waals surface area (Å²) >= 11 is 3.30. The third kappa shape index (κ3) is 3.81. The second-order valence-corrected chi connectivity index (χ2v) is 8.33. The molecular weight excluding hydrogens is 388 g/mol. The predicted molar refractivity (Wildman–Crippen MR) is 114 cm³/mol. The highest BCUT2D eigenvalue weighted by molar-refractivity contribution is 7.98. The molecule has 4 aromatic rings. The highest BCUT2D eigenvalue weighted by atomic mass is 32.2. The van der Waals surface area contributed by atoms with Crippen molar-refractivity contribution in [2.24, 2.45) is 0 Å². The number of rotatable bonds is 6. The van der Waals surface area contributed by atoms with E-state index < -0.39 is 0 Å². The monoisotopic (exact) mass is 408 g/mol. The summed E-state index contributed by atoms with van der Waals surface area (Å²) in [6.07, 6.45) is 0. The van der Waals surface area contributed by atoms with Crippen LogP contribution in [0.25, 0.3) is 17.1 Å². The number of hydrogen-bond donors (Lipinski definition) is 0. The molecule has 0 N–H and O–H groups in total. The lowest BCUT2D eigenvalue weighted by Crippen LogP contribution is -2.01. The summed E-state index contributed by atoms with van der Waals surface area (Å²) in [6.45, 7) is 4.10. The molecule has 0 fully saturated rings. The second kappa shape index (κ2) is 8.16. The van der Waals surface area contributed by atoms with Gasteiger partial charge in [-0.2, -0.15) is 0 Å². The molecule has 0 bridgehead atoms. The summed E-state index contributed by atoms with van der Waals surface area (Å²) in [5.74, 6) is 2.29. The first-order chi connectivity index (χ1) is 13.7. The van der Waals surface area contributed by atoms with Crippen LogP contribution in [0.1, 0.15) is 16.3 Å². The summed E-state index contributed by atoms with van der Waals surface area (Å²) in [5.41, 5.74) is 4.20. The molecule has 2 heterocycles. The maximum absolute atomic E-state index is 5.55. The Kier molecular flexibility index (Phi) is 5.45. The zero-order valence-electron chi connectivity index (χ0n) is 15.9. The number of thiazole rings is 1. The van der Waals surface area contributed by atoms with Crippen molar-refractivity contribution in [2.45, 2.75) is 24.8 Å². The molecule has 2 aromatic carbocycles. The molecule has 2 aromatic heterocycles. The van der Waals surface area contributed by atoms with Crippen molar-refractivity contribution in [1.29, 1.82) is 0 Å². The Labute approximate surface area is 172 Å². The Morgan fingerprint density at radius 3 is 2.54 bits per heavy atom. The second-order valence-electron chi connectivity index (χ2n) is 6.32.